The predicted octanol–water partition coefficient (Wildman–Crippen LogP) is 1.25. The Morgan fingerprint density at radius 1 is 1.53 bits per heavy atom. The van der Waals surface area contributed by atoms with Crippen LogP contribution in [0.1, 0.15) is 17.3 Å². The number of hydrogen-bond donors (Lipinski definition) is 1. The maximum Gasteiger partial charge on any atom is 0.343 e. The summed E-state index contributed by atoms with van der Waals surface area (Å²) in [5, 5.41) is -0.0381. The van der Waals surface area contributed by atoms with Crippen LogP contribution in [0, 0.1) is 5.82 Å². The smallest absolute Gasteiger partial charge is 0.343 e. The molecule has 0 unspecified atom stereocenters. The van der Waals surface area contributed by atoms with E-state index < -0.39 is 17.2 Å². The molecule has 100 valence electrons. The molecule has 6 nitrogen and oxygen atoms in total. The highest BCUT2D eigenvalue weighted by molar-refractivity contribution is 5.92. The first-order chi connectivity index (χ1) is 9.08. The molecule has 2 rings (SSSR count). The molecule has 0 saturated heterocycles. The van der Waals surface area contributed by atoms with E-state index in [4.69, 9.17) is 9.47 Å². The summed E-state index contributed by atoms with van der Waals surface area (Å²) < 4.78 is 23.0. The van der Waals surface area contributed by atoms with Crippen molar-refractivity contribution in [2.45, 2.75) is 6.92 Å². The molecular weight excluding hydrogens is 255 g/mol. The lowest BCUT2D eigenvalue weighted by atomic mass is 10.2. The van der Waals surface area contributed by atoms with E-state index in [2.05, 4.69) is 9.97 Å². The lowest BCUT2D eigenvalue weighted by Gasteiger charge is -2.05. The summed E-state index contributed by atoms with van der Waals surface area (Å²) in [6, 6.07) is 0.975. The average Bonchev–Trinajstić information content (AvgIpc) is 2.39. The van der Waals surface area contributed by atoms with Crippen LogP contribution in [0.15, 0.2) is 17.1 Å². The fourth-order valence-corrected chi connectivity index (χ4v) is 1.61. The molecule has 2 aromatic heterocycles. The van der Waals surface area contributed by atoms with Crippen molar-refractivity contribution in [3.05, 3.63) is 33.9 Å². The molecule has 0 aromatic carbocycles. The van der Waals surface area contributed by atoms with Crippen molar-refractivity contribution < 1.29 is 18.7 Å². The second-order valence-corrected chi connectivity index (χ2v) is 3.63. The molecule has 1 N–H and O–H groups in total. The number of aromatic nitrogens is 2. The Kier molecular flexibility index (Phi) is 3.46. The van der Waals surface area contributed by atoms with Crippen molar-refractivity contribution in [2.75, 3.05) is 13.7 Å². The zero-order valence-electron chi connectivity index (χ0n) is 10.3. The predicted molar refractivity (Wildman–Crippen MR) is 64.8 cm³/mol. The van der Waals surface area contributed by atoms with Crippen molar-refractivity contribution in [3.63, 3.8) is 0 Å². The minimum absolute atomic E-state index is 0.0381. The van der Waals surface area contributed by atoms with Gasteiger partial charge in [0.1, 0.15) is 11.2 Å². The summed E-state index contributed by atoms with van der Waals surface area (Å²) in [5.41, 5.74) is -0.696. The zero-order chi connectivity index (χ0) is 14.0. The number of H-pyrrole nitrogens is 1. The van der Waals surface area contributed by atoms with Crippen LogP contribution in [0.3, 0.4) is 0 Å². The number of esters is 1. The number of aromatic amines is 1. The standard InChI is InChI=1S/C12H11FN2O4/c1-3-19-12(17)7-5-14-10-6(9(7)16)4-8(13)11(15-10)18-2/h4-5H,3H2,1-2H3,(H,14,15,16). The quantitative estimate of drug-likeness (QED) is 0.845. The van der Waals surface area contributed by atoms with Gasteiger partial charge in [0, 0.05) is 6.20 Å². The van der Waals surface area contributed by atoms with Gasteiger partial charge < -0.3 is 14.5 Å². The first kappa shape index (κ1) is 13.0. The molecule has 0 spiro atoms. The summed E-state index contributed by atoms with van der Waals surface area (Å²) in [4.78, 5) is 30.0. The number of nitrogens with zero attached hydrogens (tertiary/aromatic N) is 1. The van der Waals surface area contributed by atoms with Gasteiger partial charge in [-0.25, -0.2) is 9.18 Å². The molecule has 0 bridgehead atoms. The van der Waals surface area contributed by atoms with E-state index in [1.165, 1.54) is 13.3 Å². The van der Waals surface area contributed by atoms with Gasteiger partial charge in [0.2, 0.25) is 5.43 Å². The van der Waals surface area contributed by atoms with E-state index in [0.29, 0.717) is 0 Å². The summed E-state index contributed by atoms with van der Waals surface area (Å²) in [6.45, 7) is 1.77. The Morgan fingerprint density at radius 3 is 2.89 bits per heavy atom. The van der Waals surface area contributed by atoms with Crippen LogP contribution in [-0.2, 0) is 4.74 Å². The van der Waals surface area contributed by atoms with Crippen LogP contribution in [0.5, 0.6) is 5.88 Å². The second-order valence-electron chi connectivity index (χ2n) is 3.63. The molecule has 2 heterocycles. The van der Waals surface area contributed by atoms with Crippen molar-refractivity contribution in [2.24, 2.45) is 0 Å². The van der Waals surface area contributed by atoms with E-state index in [0.717, 1.165) is 6.07 Å². The van der Waals surface area contributed by atoms with Gasteiger partial charge in [-0.1, -0.05) is 0 Å². The maximum absolute atomic E-state index is 13.5. The van der Waals surface area contributed by atoms with Crippen molar-refractivity contribution >= 4 is 17.0 Å². The van der Waals surface area contributed by atoms with E-state index in [9.17, 15) is 14.0 Å². The molecule has 7 heteroatoms. The minimum atomic E-state index is -0.776. The Hall–Kier alpha value is -2.44. The monoisotopic (exact) mass is 266 g/mol. The summed E-state index contributed by atoms with van der Waals surface area (Å²) in [6.07, 6.45) is 1.19. The summed E-state index contributed by atoms with van der Waals surface area (Å²) in [7, 11) is 1.27. The first-order valence-corrected chi connectivity index (χ1v) is 5.51. The molecule has 0 fully saturated rings. The molecule has 0 aliphatic heterocycles. The van der Waals surface area contributed by atoms with Crippen LogP contribution < -0.4 is 10.2 Å². The first-order valence-electron chi connectivity index (χ1n) is 5.51. The van der Waals surface area contributed by atoms with E-state index >= 15 is 0 Å². The second kappa shape index (κ2) is 5.05. The number of nitrogens with one attached hydrogen (secondary N) is 1. The molecule has 0 amide bonds. The van der Waals surface area contributed by atoms with Gasteiger partial charge in [-0.2, -0.15) is 4.98 Å². The molecule has 0 atom stereocenters. The molecular formula is C12H11FN2O4. The summed E-state index contributed by atoms with van der Waals surface area (Å²) >= 11 is 0. The topological polar surface area (TPSA) is 81.3 Å². The van der Waals surface area contributed by atoms with Crippen molar-refractivity contribution in [1.82, 2.24) is 9.97 Å². The normalized spacial score (nSPS) is 10.5. The molecule has 0 aliphatic carbocycles. The highest BCUT2D eigenvalue weighted by atomic mass is 19.1. The fourth-order valence-electron chi connectivity index (χ4n) is 1.61. The molecule has 19 heavy (non-hydrogen) atoms. The molecule has 0 radical (unpaired) electrons. The van der Waals surface area contributed by atoms with Gasteiger partial charge in [0.05, 0.1) is 19.1 Å². The highest BCUT2D eigenvalue weighted by Gasteiger charge is 2.16. The Bertz CT molecular complexity index is 696. The van der Waals surface area contributed by atoms with Crippen LogP contribution in [0.2, 0.25) is 0 Å². The van der Waals surface area contributed by atoms with Crippen LogP contribution in [-0.4, -0.2) is 29.7 Å². The molecule has 0 saturated carbocycles. The van der Waals surface area contributed by atoms with E-state index in [1.807, 2.05) is 0 Å². The lowest BCUT2D eigenvalue weighted by molar-refractivity contribution is 0.0524. The number of ether oxygens (including phenoxy) is 2. The largest absolute Gasteiger partial charge is 0.479 e. The zero-order valence-corrected chi connectivity index (χ0v) is 10.3. The third-order valence-corrected chi connectivity index (χ3v) is 2.48. The van der Waals surface area contributed by atoms with Crippen molar-refractivity contribution in [3.8, 4) is 5.88 Å². The van der Waals surface area contributed by atoms with E-state index in [1.54, 1.807) is 6.92 Å². The number of hydrogen-bond acceptors (Lipinski definition) is 5. The highest BCUT2D eigenvalue weighted by Crippen LogP contribution is 2.17. The van der Waals surface area contributed by atoms with E-state index in [-0.39, 0.29) is 29.1 Å². The molecule has 2 aromatic rings. The van der Waals surface area contributed by atoms with Gasteiger partial charge in [-0.3, -0.25) is 4.79 Å². The Labute approximate surface area is 107 Å². The number of rotatable bonds is 3. The van der Waals surface area contributed by atoms with Gasteiger partial charge in [0.25, 0.3) is 5.88 Å². The van der Waals surface area contributed by atoms with Crippen LogP contribution in [0.4, 0.5) is 4.39 Å². The fraction of sp³-hybridized carbons (Fsp3) is 0.250. The average molecular weight is 266 g/mol. The van der Waals surface area contributed by atoms with Gasteiger partial charge in [0.15, 0.2) is 5.82 Å². The number of fused-ring (bicyclic) bond motifs is 1. The number of carbonyl (C=O) groups is 1. The van der Waals surface area contributed by atoms with Gasteiger partial charge in [-0.05, 0) is 13.0 Å². The van der Waals surface area contributed by atoms with Crippen LogP contribution in [0.25, 0.3) is 11.0 Å². The Morgan fingerprint density at radius 2 is 2.26 bits per heavy atom. The third kappa shape index (κ3) is 2.26. The number of halogens is 1. The Balaban J connectivity index is 2.65. The SMILES string of the molecule is CCOC(=O)c1c[nH]c2nc(OC)c(F)cc2c1=O. The molecule has 0 aliphatic rings. The number of carbonyl (C=O) groups excluding carboxylic acids is 1. The number of methoxy groups -OCH3 is 1. The third-order valence-electron chi connectivity index (χ3n) is 2.48. The summed E-state index contributed by atoms with van der Waals surface area (Å²) in [5.74, 6) is -1.77. The van der Waals surface area contributed by atoms with Gasteiger partial charge in [-0.15, -0.1) is 0 Å². The number of pyridine rings is 2. The lowest BCUT2D eigenvalue weighted by Crippen LogP contribution is -2.18. The van der Waals surface area contributed by atoms with Crippen LogP contribution >= 0.6 is 0 Å². The van der Waals surface area contributed by atoms with Crippen molar-refractivity contribution in [1.29, 1.82) is 0 Å². The van der Waals surface area contributed by atoms with Gasteiger partial charge >= 0.3 is 5.97 Å². The minimum Gasteiger partial charge on any atom is -0.479 e. The maximum atomic E-state index is 13.5.